The Morgan fingerprint density at radius 1 is 0.880 bits per heavy atom. The van der Waals surface area contributed by atoms with Gasteiger partial charge in [-0.2, -0.15) is 0 Å². The Kier molecular flexibility index (Phi) is 4.93. The molecule has 1 aliphatic heterocycles. The molecule has 0 aliphatic carbocycles. The first-order valence-corrected chi connectivity index (χ1v) is 7.39. The number of ether oxygens (including phenoxy) is 2. The predicted octanol–water partition coefficient (Wildman–Crippen LogP) is 1.97. The summed E-state index contributed by atoms with van der Waals surface area (Å²) in [5.41, 5.74) is 2.94. The molecule has 9 heteroatoms. The number of non-ortho nitro benzene ring substituents is 1. The van der Waals surface area contributed by atoms with Gasteiger partial charge in [0.15, 0.2) is 12.6 Å². The fourth-order valence-electron chi connectivity index (χ4n) is 2.59. The van der Waals surface area contributed by atoms with E-state index in [9.17, 15) is 25.5 Å². The number of aliphatic hydroxyl groups is 2. The second-order valence-electron chi connectivity index (χ2n) is 5.47. The Bertz CT molecular complexity index is 735. The van der Waals surface area contributed by atoms with Gasteiger partial charge in [-0.1, -0.05) is 12.1 Å². The van der Waals surface area contributed by atoms with Crippen LogP contribution < -0.4 is 5.48 Å². The molecule has 0 radical (unpaired) electrons. The van der Waals surface area contributed by atoms with Gasteiger partial charge in [0.25, 0.3) is 5.69 Å². The maximum Gasteiger partial charge on any atom is 0.269 e. The third-order valence-corrected chi connectivity index (χ3v) is 3.88. The van der Waals surface area contributed by atoms with Crippen molar-refractivity contribution in [3.8, 4) is 0 Å². The molecule has 1 heterocycles. The highest BCUT2D eigenvalue weighted by molar-refractivity contribution is 5.45. The minimum Gasteiger partial charge on any atom is -0.761 e. The molecule has 1 fully saturated rings. The van der Waals surface area contributed by atoms with E-state index in [1.807, 2.05) is 0 Å². The van der Waals surface area contributed by atoms with Gasteiger partial charge in [-0.25, -0.2) is 0 Å². The monoisotopic (exact) mass is 347 g/mol. The average Bonchev–Trinajstić information content (AvgIpc) is 2.63. The summed E-state index contributed by atoms with van der Waals surface area (Å²) in [6, 6.07) is 11.6. The number of nitrogens with one attached hydrogen (secondary N) is 1. The maximum absolute atomic E-state index is 10.7. The van der Waals surface area contributed by atoms with Crippen LogP contribution in [0.25, 0.3) is 0 Å². The molecule has 2 aromatic carbocycles. The predicted molar refractivity (Wildman–Crippen MR) is 86.2 cm³/mol. The molecule has 0 amide bonds. The fraction of sp³-hybridized carbons (Fsp3) is 0.250. The number of nitro benzene ring substituents is 1. The van der Waals surface area contributed by atoms with Crippen molar-refractivity contribution < 1.29 is 24.6 Å². The van der Waals surface area contributed by atoms with Gasteiger partial charge in [-0.15, -0.1) is 0 Å². The van der Waals surface area contributed by atoms with Crippen LogP contribution in [0.5, 0.6) is 0 Å². The molecule has 0 saturated carbocycles. The molecule has 4 atom stereocenters. The molecule has 4 unspecified atom stereocenters. The highest BCUT2D eigenvalue weighted by Crippen LogP contribution is 2.37. The lowest BCUT2D eigenvalue weighted by atomic mass is 10.0. The van der Waals surface area contributed by atoms with E-state index < -0.39 is 29.7 Å². The summed E-state index contributed by atoms with van der Waals surface area (Å²) in [6.07, 6.45) is -4.68. The summed E-state index contributed by atoms with van der Waals surface area (Å²) in [4.78, 5) is 10.1. The third-order valence-electron chi connectivity index (χ3n) is 3.88. The van der Waals surface area contributed by atoms with Crippen molar-refractivity contribution in [3.05, 3.63) is 75.0 Å². The minimum atomic E-state index is -1.38. The number of rotatable bonds is 4. The van der Waals surface area contributed by atoms with Gasteiger partial charge in [0.05, 0.1) is 4.92 Å². The number of nitrogens with zero attached hydrogens (tertiary/aromatic N) is 1. The Labute approximate surface area is 142 Å². The van der Waals surface area contributed by atoms with Crippen LogP contribution in [0.3, 0.4) is 0 Å². The van der Waals surface area contributed by atoms with Crippen molar-refractivity contribution in [2.45, 2.75) is 24.8 Å². The number of benzene rings is 2. The lowest BCUT2D eigenvalue weighted by Gasteiger charge is -2.37. The van der Waals surface area contributed by atoms with Crippen molar-refractivity contribution in [2.75, 3.05) is 5.48 Å². The number of hydrogen-bond acceptors (Lipinski definition) is 8. The largest absolute Gasteiger partial charge is 0.761 e. The van der Waals surface area contributed by atoms with E-state index in [-0.39, 0.29) is 5.69 Å². The molecule has 9 nitrogen and oxygen atoms in total. The molecule has 2 aromatic rings. The fourth-order valence-corrected chi connectivity index (χ4v) is 2.59. The number of hydrogen-bond donors (Lipinski definition) is 3. The van der Waals surface area contributed by atoms with Gasteiger partial charge in [0, 0.05) is 17.8 Å². The van der Waals surface area contributed by atoms with Crippen molar-refractivity contribution in [3.63, 3.8) is 0 Å². The molecule has 0 spiro atoms. The van der Waals surface area contributed by atoms with Crippen LogP contribution >= 0.6 is 0 Å². The van der Waals surface area contributed by atoms with Crippen LogP contribution in [-0.2, 0) is 9.47 Å². The first kappa shape index (κ1) is 17.3. The van der Waals surface area contributed by atoms with Crippen molar-refractivity contribution in [1.82, 2.24) is 0 Å². The second kappa shape index (κ2) is 7.13. The van der Waals surface area contributed by atoms with Gasteiger partial charge < -0.3 is 30.4 Å². The Hall–Kier alpha value is -2.56. The van der Waals surface area contributed by atoms with Gasteiger partial charge >= 0.3 is 0 Å². The van der Waals surface area contributed by atoms with Crippen molar-refractivity contribution >= 4 is 11.4 Å². The maximum atomic E-state index is 10.7. The van der Waals surface area contributed by atoms with E-state index in [0.717, 1.165) is 0 Å². The normalized spacial score (nSPS) is 26.2. The third kappa shape index (κ3) is 3.60. The van der Waals surface area contributed by atoms with Gasteiger partial charge in [-0.3, -0.25) is 10.1 Å². The Morgan fingerprint density at radius 3 is 1.72 bits per heavy atom. The molecule has 3 N–H and O–H groups in total. The van der Waals surface area contributed by atoms with Crippen LogP contribution in [0.2, 0.25) is 0 Å². The standard InChI is InChI=1S/C16H15N2O7/c19-15-13(9-1-5-11(17-21)6-2-9)24-16(20)14(25-15)10-3-7-12(8-4-10)18(22)23/h1-8,13-17,19-20H/q-1. The molecule has 25 heavy (non-hydrogen) atoms. The molecular formula is C16H15N2O7-. The topological polar surface area (TPSA) is 137 Å². The lowest BCUT2D eigenvalue weighted by Crippen LogP contribution is -2.40. The average molecular weight is 347 g/mol. The first-order chi connectivity index (χ1) is 12.0. The molecule has 1 saturated heterocycles. The lowest BCUT2D eigenvalue weighted by molar-refractivity contribution is -0.384. The summed E-state index contributed by atoms with van der Waals surface area (Å²) in [5, 5.41) is 41.6. The second-order valence-corrected chi connectivity index (χ2v) is 5.47. The van der Waals surface area contributed by atoms with E-state index in [1.54, 1.807) is 17.6 Å². The first-order valence-electron chi connectivity index (χ1n) is 7.39. The zero-order chi connectivity index (χ0) is 18.0. The molecule has 3 rings (SSSR count). The van der Waals surface area contributed by atoms with Crippen LogP contribution in [-0.4, -0.2) is 27.7 Å². The molecule has 1 aliphatic rings. The molecule has 0 bridgehead atoms. The van der Waals surface area contributed by atoms with Gasteiger partial charge in [0.2, 0.25) is 0 Å². The van der Waals surface area contributed by atoms with Crippen LogP contribution in [0.15, 0.2) is 48.5 Å². The van der Waals surface area contributed by atoms with E-state index >= 15 is 0 Å². The number of nitro groups is 1. The number of aliphatic hydroxyl groups excluding tert-OH is 2. The summed E-state index contributed by atoms with van der Waals surface area (Å²) < 4.78 is 10.9. The van der Waals surface area contributed by atoms with Crippen LogP contribution in [0.1, 0.15) is 23.3 Å². The Balaban J connectivity index is 1.75. The Morgan fingerprint density at radius 2 is 1.32 bits per heavy atom. The van der Waals surface area contributed by atoms with E-state index in [4.69, 9.17) is 9.47 Å². The number of anilines is 1. The zero-order valence-electron chi connectivity index (χ0n) is 12.8. The quantitative estimate of drug-likeness (QED) is 0.564. The summed E-state index contributed by atoms with van der Waals surface area (Å²) in [7, 11) is 0. The SMILES string of the molecule is O=[N+]([O-])c1ccc(C2OC(O)C(c3ccc(N[O-])cc3)OC2O)cc1. The molecular weight excluding hydrogens is 332 g/mol. The summed E-state index contributed by atoms with van der Waals surface area (Å²) >= 11 is 0. The molecule has 132 valence electrons. The summed E-state index contributed by atoms with van der Waals surface area (Å²) in [6.45, 7) is 0. The van der Waals surface area contributed by atoms with Crippen LogP contribution in [0, 0.1) is 15.3 Å². The van der Waals surface area contributed by atoms with E-state index in [0.29, 0.717) is 16.8 Å². The van der Waals surface area contributed by atoms with Gasteiger partial charge in [-0.05, 0) is 35.4 Å². The van der Waals surface area contributed by atoms with Crippen molar-refractivity contribution in [2.24, 2.45) is 0 Å². The zero-order valence-corrected chi connectivity index (χ0v) is 12.8. The van der Waals surface area contributed by atoms with Crippen molar-refractivity contribution in [1.29, 1.82) is 0 Å². The summed E-state index contributed by atoms with van der Waals surface area (Å²) in [5.74, 6) is 0. The highest BCUT2D eigenvalue weighted by Gasteiger charge is 2.38. The van der Waals surface area contributed by atoms with E-state index in [2.05, 4.69) is 0 Å². The van der Waals surface area contributed by atoms with Gasteiger partial charge in [0.1, 0.15) is 12.2 Å². The molecule has 0 aromatic heterocycles. The van der Waals surface area contributed by atoms with Crippen LogP contribution in [0.4, 0.5) is 11.4 Å². The highest BCUT2D eigenvalue weighted by atomic mass is 16.7. The minimum absolute atomic E-state index is 0.0968. The van der Waals surface area contributed by atoms with E-state index in [1.165, 1.54) is 36.4 Å². The smallest absolute Gasteiger partial charge is 0.269 e.